The van der Waals surface area contributed by atoms with Crippen LogP contribution < -0.4 is 4.90 Å². The first-order valence-corrected chi connectivity index (χ1v) is 7.99. The molecule has 1 saturated heterocycles. The number of hydrogen-bond donors (Lipinski definition) is 0. The lowest BCUT2D eigenvalue weighted by molar-refractivity contribution is 0.0751. The van der Waals surface area contributed by atoms with Gasteiger partial charge in [0, 0.05) is 36.8 Å². The minimum absolute atomic E-state index is 0.157. The molecule has 0 saturated carbocycles. The Morgan fingerprint density at radius 1 is 1.10 bits per heavy atom. The van der Waals surface area contributed by atoms with Gasteiger partial charge in [0.1, 0.15) is 5.82 Å². The fraction of sp³-hybridized carbons (Fsp3) is 0.375. The Labute approximate surface area is 129 Å². The second-order valence-electron chi connectivity index (χ2n) is 5.33. The first-order valence-electron chi connectivity index (χ1n) is 7.18. The highest BCUT2D eigenvalue weighted by Crippen LogP contribution is 2.19. The van der Waals surface area contributed by atoms with Gasteiger partial charge < -0.3 is 9.80 Å². The van der Waals surface area contributed by atoms with Crippen LogP contribution in [-0.2, 0) is 0 Å². The summed E-state index contributed by atoms with van der Waals surface area (Å²) in [6.45, 7) is 7.22. The van der Waals surface area contributed by atoms with Crippen LogP contribution in [0.3, 0.4) is 0 Å². The summed E-state index contributed by atoms with van der Waals surface area (Å²) in [6.07, 6.45) is 0. The van der Waals surface area contributed by atoms with Gasteiger partial charge >= 0.3 is 0 Å². The van der Waals surface area contributed by atoms with Crippen molar-refractivity contribution < 1.29 is 4.79 Å². The Hall–Kier alpha value is -1.88. The van der Waals surface area contributed by atoms with Crippen LogP contribution in [0, 0.1) is 13.8 Å². The highest BCUT2D eigenvalue weighted by Gasteiger charge is 2.23. The summed E-state index contributed by atoms with van der Waals surface area (Å²) in [5.74, 6) is 1.17. The number of carbonyl (C=O) groups excluding carboxylic acids is 1. The summed E-state index contributed by atoms with van der Waals surface area (Å²) in [7, 11) is 0. The van der Waals surface area contributed by atoms with Gasteiger partial charge in [0.15, 0.2) is 0 Å². The van der Waals surface area contributed by atoms with Crippen LogP contribution in [0.25, 0.3) is 0 Å². The third kappa shape index (κ3) is 3.08. The molecule has 5 heteroatoms. The smallest absolute Gasteiger partial charge is 0.264 e. The monoisotopic (exact) mass is 301 g/mol. The largest absolute Gasteiger partial charge is 0.353 e. The summed E-state index contributed by atoms with van der Waals surface area (Å²) in [5, 5.41) is 0. The maximum absolute atomic E-state index is 12.4. The lowest BCUT2D eigenvalue weighted by Crippen LogP contribution is -2.48. The minimum Gasteiger partial charge on any atom is -0.353 e. The number of anilines is 1. The van der Waals surface area contributed by atoms with E-state index in [0.29, 0.717) is 0 Å². The van der Waals surface area contributed by atoms with Gasteiger partial charge in [0.2, 0.25) is 0 Å². The summed E-state index contributed by atoms with van der Waals surface area (Å²) < 4.78 is 0. The van der Waals surface area contributed by atoms with Crippen LogP contribution in [0.2, 0.25) is 0 Å². The number of piperazine rings is 1. The summed E-state index contributed by atoms with van der Waals surface area (Å²) in [4.78, 5) is 23.2. The van der Waals surface area contributed by atoms with E-state index in [1.54, 1.807) is 11.3 Å². The quantitative estimate of drug-likeness (QED) is 0.856. The average molecular weight is 301 g/mol. The maximum Gasteiger partial charge on any atom is 0.264 e. The third-order valence-electron chi connectivity index (χ3n) is 3.72. The molecule has 1 fully saturated rings. The van der Waals surface area contributed by atoms with E-state index in [1.165, 1.54) is 4.88 Å². The normalized spacial score (nSPS) is 15.3. The van der Waals surface area contributed by atoms with Gasteiger partial charge in [-0.05, 0) is 38.1 Å². The molecule has 0 N–H and O–H groups in total. The number of aromatic nitrogens is 1. The molecule has 0 unspecified atom stereocenters. The van der Waals surface area contributed by atoms with Crippen molar-refractivity contribution in [3.63, 3.8) is 0 Å². The van der Waals surface area contributed by atoms with Gasteiger partial charge in [-0.1, -0.05) is 6.07 Å². The third-order valence-corrected chi connectivity index (χ3v) is 4.70. The number of rotatable bonds is 2. The van der Waals surface area contributed by atoms with Crippen molar-refractivity contribution >= 4 is 23.1 Å². The van der Waals surface area contributed by atoms with Crippen molar-refractivity contribution in [2.24, 2.45) is 0 Å². The SMILES string of the molecule is Cc1cccc(N2CCN(C(=O)c3ccc(C)s3)CC2)n1. The Bertz CT molecular complexity index is 644. The topological polar surface area (TPSA) is 36.4 Å². The molecule has 21 heavy (non-hydrogen) atoms. The average Bonchev–Trinajstić information content (AvgIpc) is 2.93. The highest BCUT2D eigenvalue weighted by molar-refractivity contribution is 7.13. The predicted molar refractivity (Wildman–Crippen MR) is 86.1 cm³/mol. The first kappa shape index (κ1) is 14.1. The first-order chi connectivity index (χ1) is 10.1. The van der Waals surface area contributed by atoms with E-state index in [1.807, 2.05) is 49.1 Å². The molecule has 0 aliphatic carbocycles. The van der Waals surface area contributed by atoms with Crippen molar-refractivity contribution in [2.75, 3.05) is 31.1 Å². The molecule has 2 aromatic rings. The van der Waals surface area contributed by atoms with Crippen LogP contribution in [0.4, 0.5) is 5.82 Å². The van der Waals surface area contributed by atoms with Crippen LogP contribution in [0.15, 0.2) is 30.3 Å². The molecule has 0 atom stereocenters. The minimum atomic E-state index is 0.157. The summed E-state index contributed by atoms with van der Waals surface area (Å²) in [5.41, 5.74) is 1.03. The number of thiophene rings is 1. The van der Waals surface area contributed by atoms with Crippen molar-refractivity contribution in [1.29, 1.82) is 0 Å². The number of pyridine rings is 1. The second kappa shape index (κ2) is 5.85. The number of amides is 1. The van der Waals surface area contributed by atoms with Crippen LogP contribution in [0.1, 0.15) is 20.2 Å². The van der Waals surface area contributed by atoms with Crippen molar-refractivity contribution in [3.05, 3.63) is 45.8 Å². The van der Waals surface area contributed by atoms with Gasteiger partial charge in [0.05, 0.1) is 4.88 Å². The molecule has 1 aliphatic rings. The predicted octanol–water partition coefficient (Wildman–Crippen LogP) is 2.72. The molecular weight excluding hydrogens is 282 g/mol. The van der Waals surface area contributed by atoms with E-state index in [9.17, 15) is 4.79 Å². The van der Waals surface area contributed by atoms with E-state index in [2.05, 4.69) is 9.88 Å². The molecule has 0 bridgehead atoms. The van der Waals surface area contributed by atoms with Crippen LogP contribution in [-0.4, -0.2) is 42.0 Å². The molecule has 3 rings (SSSR count). The molecular formula is C16H19N3OS. The zero-order valence-electron chi connectivity index (χ0n) is 12.4. The standard InChI is InChI=1S/C16H19N3OS/c1-12-4-3-5-15(17-12)18-8-10-19(11-9-18)16(20)14-7-6-13(2)21-14/h3-7H,8-11H2,1-2H3. The van der Waals surface area contributed by atoms with Gasteiger partial charge in [-0.2, -0.15) is 0 Å². The lowest BCUT2D eigenvalue weighted by Gasteiger charge is -2.35. The number of hydrogen-bond acceptors (Lipinski definition) is 4. The van der Waals surface area contributed by atoms with Gasteiger partial charge in [-0.3, -0.25) is 4.79 Å². The van der Waals surface area contributed by atoms with E-state index < -0.39 is 0 Å². The van der Waals surface area contributed by atoms with Crippen molar-refractivity contribution in [3.8, 4) is 0 Å². The fourth-order valence-electron chi connectivity index (χ4n) is 2.55. The Morgan fingerprint density at radius 3 is 2.48 bits per heavy atom. The highest BCUT2D eigenvalue weighted by atomic mass is 32.1. The van der Waals surface area contributed by atoms with Gasteiger partial charge in [-0.25, -0.2) is 4.98 Å². The van der Waals surface area contributed by atoms with E-state index in [-0.39, 0.29) is 5.91 Å². The van der Waals surface area contributed by atoms with E-state index in [4.69, 9.17) is 0 Å². The molecule has 1 amide bonds. The van der Waals surface area contributed by atoms with Crippen LogP contribution in [0.5, 0.6) is 0 Å². The number of nitrogens with zero attached hydrogens (tertiary/aromatic N) is 3. The Morgan fingerprint density at radius 2 is 1.86 bits per heavy atom. The fourth-order valence-corrected chi connectivity index (χ4v) is 3.38. The number of carbonyl (C=O) groups is 1. The maximum atomic E-state index is 12.4. The Balaban J connectivity index is 1.64. The number of aryl methyl sites for hydroxylation is 2. The van der Waals surface area contributed by atoms with Crippen molar-refractivity contribution in [1.82, 2.24) is 9.88 Å². The van der Waals surface area contributed by atoms with Gasteiger partial charge in [-0.15, -0.1) is 11.3 Å². The second-order valence-corrected chi connectivity index (χ2v) is 6.61. The Kier molecular flexibility index (Phi) is 3.92. The molecule has 0 aromatic carbocycles. The summed E-state index contributed by atoms with van der Waals surface area (Å²) in [6, 6.07) is 10.0. The van der Waals surface area contributed by atoms with Crippen LogP contribution >= 0.6 is 11.3 Å². The van der Waals surface area contributed by atoms with Gasteiger partial charge in [0.25, 0.3) is 5.91 Å². The van der Waals surface area contributed by atoms with E-state index in [0.717, 1.165) is 42.6 Å². The molecule has 1 aliphatic heterocycles. The zero-order valence-corrected chi connectivity index (χ0v) is 13.2. The lowest BCUT2D eigenvalue weighted by atomic mass is 10.2. The molecule has 110 valence electrons. The van der Waals surface area contributed by atoms with E-state index >= 15 is 0 Å². The molecule has 4 nitrogen and oxygen atoms in total. The zero-order chi connectivity index (χ0) is 14.8. The molecule has 0 spiro atoms. The molecule has 2 aromatic heterocycles. The molecule has 3 heterocycles. The van der Waals surface area contributed by atoms with Crippen molar-refractivity contribution in [2.45, 2.75) is 13.8 Å². The summed E-state index contributed by atoms with van der Waals surface area (Å²) >= 11 is 1.57. The molecule has 0 radical (unpaired) electrons.